The minimum absolute atomic E-state index is 0.0427. The number of thiophene rings is 1. The number of hydrogen-bond acceptors (Lipinski definition) is 6. The molecule has 0 bridgehead atoms. The summed E-state index contributed by atoms with van der Waals surface area (Å²) in [5, 5.41) is 12.2. The molecule has 0 aliphatic rings. The van der Waals surface area contributed by atoms with Gasteiger partial charge in [-0.3, -0.25) is 14.2 Å². The highest BCUT2D eigenvalue weighted by Gasteiger charge is 2.20. The molecule has 6 nitrogen and oxygen atoms in total. The van der Waals surface area contributed by atoms with Crippen LogP contribution in [0.25, 0.3) is 15.9 Å². The molecular weight excluding hydrogens is 392 g/mol. The van der Waals surface area contributed by atoms with Crippen LogP contribution < -0.4 is 10.9 Å². The van der Waals surface area contributed by atoms with Crippen molar-refractivity contribution in [3.05, 3.63) is 50.1 Å². The highest BCUT2D eigenvalue weighted by Crippen LogP contribution is 2.30. The Morgan fingerprint density at radius 3 is 2.75 bits per heavy atom. The van der Waals surface area contributed by atoms with Crippen molar-refractivity contribution in [2.24, 2.45) is 0 Å². The third-order valence-electron chi connectivity index (χ3n) is 4.69. The van der Waals surface area contributed by atoms with Crippen molar-refractivity contribution in [2.45, 2.75) is 32.9 Å². The average Bonchev–Trinajstić information content (AvgIpc) is 2.95. The standard InChI is InChI=1S/C20H20N4O2S2/c1-11-6-5-7-15(12(11)2)24-19(26)17-13(3)14(4)28-18(17)23-20(24)27-10-16(25)22-9-8-21/h5-7H,9-10H2,1-4H3,(H,22,25). The number of nitrogens with zero attached hydrogens (tertiary/aromatic N) is 3. The molecule has 1 aromatic carbocycles. The second-order valence-electron chi connectivity index (χ2n) is 6.44. The van der Waals surface area contributed by atoms with E-state index >= 15 is 0 Å². The maximum Gasteiger partial charge on any atom is 0.267 e. The number of nitriles is 1. The number of hydrogen-bond donors (Lipinski definition) is 1. The highest BCUT2D eigenvalue weighted by atomic mass is 32.2. The molecule has 0 saturated carbocycles. The zero-order valence-electron chi connectivity index (χ0n) is 16.1. The van der Waals surface area contributed by atoms with Crippen molar-refractivity contribution in [2.75, 3.05) is 12.3 Å². The lowest BCUT2D eigenvalue weighted by Gasteiger charge is -2.15. The fraction of sp³-hybridized carbons (Fsp3) is 0.300. The third kappa shape index (κ3) is 3.68. The van der Waals surface area contributed by atoms with Gasteiger partial charge >= 0.3 is 0 Å². The number of nitrogens with one attached hydrogen (secondary N) is 1. The minimum Gasteiger partial charge on any atom is -0.342 e. The summed E-state index contributed by atoms with van der Waals surface area (Å²) in [6, 6.07) is 7.68. The van der Waals surface area contributed by atoms with E-state index in [1.54, 1.807) is 4.57 Å². The van der Waals surface area contributed by atoms with Gasteiger partial charge in [-0.2, -0.15) is 5.26 Å². The Morgan fingerprint density at radius 1 is 1.29 bits per heavy atom. The first-order valence-corrected chi connectivity index (χ1v) is 10.5. The van der Waals surface area contributed by atoms with E-state index in [2.05, 4.69) is 5.32 Å². The second-order valence-corrected chi connectivity index (χ2v) is 8.59. The van der Waals surface area contributed by atoms with Crippen molar-refractivity contribution in [3.8, 4) is 11.8 Å². The maximum absolute atomic E-state index is 13.4. The summed E-state index contributed by atoms with van der Waals surface area (Å²) in [7, 11) is 0. The second kappa shape index (κ2) is 8.17. The van der Waals surface area contributed by atoms with Gasteiger partial charge in [-0.15, -0.1) is 11.3 Å². The zero-order chi connectivity index (χ0) is 20.4. The van der Waals surface area contributed by atoms with E-state index in [1.165, 1.54) is 23.1 Å². The lowest BCUT2D eigenvalue weighted by molar-refractivity contribution is -0.118. The van der Waals surface area contributed by atoms with Crippen LogP contribution in [0.3, 0.4) is 0 Å². The molecule has 2 aromatic heterocycles. The van der Waals surface area contributed by atoms with Crippen LogP contribution in [0.2, 0.25) is 0 Å². The molecule has 3 rings (SSSR count). The summed E-state index contributed by atoms with van der Waals surface area (Å²) >= 11 is 2.68. The molecular formula is C20H20N4O2S2. The molecule has 1 amide bonds. The van der Waals surface area contributed by atoms with E-state index in [0.29, 0.717) is 15.4 Å². The Kier molecular flexibility index (Phi) is 5.87. The molecule has 1 N–H and O–H groups in total. The fourth-order valence-corrected chi connectivity index (χ4v) is 4.79. The lowest BCUT2D eigenvalue weighted by atomic mass is 10.1. The number of rotatable bonds is 5. The zero-order valence-corrected chi connectivity index (χ0v) is 17.8. The lowest BCUT2D eigenvalue weighted by Crippen LogP contribution is -2.27. The van der Waals surface area contributed by atoms with Gasteiger partial charge in [0.1, 0.15) is 11.4 Å². The molecule has 0 fully saturated rings. The number of aromatic nitrogens is 2. The number of benzene rings is 1. The molecule has 2 heterocycles. The molecule has 3 aromatic rings. The molecule has 0 aliphatic heterocycles. The summed E-state index contributed by atoms with van der Waals surface area (Å²) in [5.74, 6) is -0.194. The van der Waals surface area contributed by atoms with Crippen molar-refractivity contribution in [1.82, 2.24) is 14.9 Å². The summed E-state index contributed by atoms with van der Waals surface area (Å²) in [6.07, 6.45) is 0. The quantitative estimate of drug-likeness (QED) is 0.394. The normalized spacial score (nSPS) is 10.8. The Hall–Kier alpha value is -2.63. The van der Waals surface area contributed by atoms with E-state index in [4.69, 9.17) is 10.2 Å². The van der Waals surface area contributed by atoms with Gasteiger partial charge < -0.3 is 5.32 Å². The maximum atomic E-state index is 13.4. The van der Waals surface area contributed by atoms with Gasteiger partial charge in [-0.25, -0.2) is 4.98 Å². The van der Waals surface area contributed by atoms with Gasteiger partial charge in [0.2, 0.25) is 5.91 Å². The van der Waals surface area contributed by atoms with Gasteiger partial charge in [-0.1, -0.05) is 23.9 Å². The minimum atomic E-state index is -0.271. The Bertz CT molecular complexity index is 1170. The smallest absolute Gasteiger partial charge is 0.267 e. The van der Waals surface area contributed by atoms with E-state index in [-0.39, 0.29) is 23.8 Å². The predicted molar refractivity (Wildman–Crippen MR) is 114 cm³/mol. The van der Waals surface area contributed by atoms with Gasteiger partial charge in [0, 0.05) is 4.88 Å². The van der Waals surface area contributed by atoms with E-state index in [1.807, 2.05) is 52.0 Å². The number of amides is 1. The van der Waals surface area contributed by atoms with Crippen LogP contribution in [0.5, 0.6) is 0 Å². The van der Waals surface area contributed by atoms with Crippen molar-refractivity contribution in [1.29, 1.82) is 5.26 Å². The monoisotopic (exact) mass is 412 g/mol. The van der Waals surface area contributed by atoms with Gasteiger partial charge in [-0.05, 0) is 50.5 Å². The van der Waals surface area contributed by atoms with Crippen LogP contribution >= 0.6 is 23.1 Å². The average molecular weight is 413 g/mol. The van der Waals surface area contributed by atoms with Crippen LogP contribution in [0.1, 0.15) is 21.6 Å². The molecule has 0 atom stereocenters. The molecule has 8 heteroatoms. The molecule has 0 spiro atoms. The molecule has 0 radical (unpaired) electrons. The van der Waals surface area contributed by atoms with Crippen LogP contribution in [0, 0.1) is 39.0 Å². The van der Waals surface area contributed by atoms with Crippen LogP contribution in [-0.4, -0.2) is 27.8 Å². The predicted octanol–water partition coefficient (Wildman–Crippen LogP) is 3.41. The van der Waals surface area contributed by atoms with E-state index in [0.717, 1.165) is 27.3 Å². The number of carbonyl (C=O) groups excluding carboxylic acids is 1. The SMILES string of the molecule is Cc1cccc(-n2c(SCC(=O)NCC#N)nc3sc(C)c(C)c3c2=O)c1C. The number of carbonyl (C=O) groups is 1. The van der Waals surface area contributed by atoms with Gasteiger partial charge in [0.15, 0.2) is 5.16 Å². The molecule has 0 aliphatic carbocycles. The summed E-state index contributed by atoms with van der Waals surface area (Å²) in [4.78, 5) is 31.8. The van der Waals surface area contributed by atoms with E-state index in [9.17, 15) is 9.59 Å². The topological polar surface area (TPSA) is 87.8 Å². The summed E-state index contributed by atoms with van der Waals surface area (Å²) in [6.45, 7) is 7.84. The summed E-state index contributed by atoms with van der Waals surface area (Å²) in [5.41, 5.74) is 3.65. The van der Waals surface area contributed by atoms with Gasteiger partial charge in [0.25, 0.3) is 5.56 Å². The first-order valence-electron chi connectivity index (χ1n) is 8.71. The van der Waals surface area contributed by atoms with Crippen LogP contribution in [0.4, 0.5) is 0 Å². The Morgan fingerprint density at radius 2 is 2.04 bits per heavy atom. The van der Waals surface area contributed by atoms with Crippen molar-refractivity contribution < 1.29 is 4.79 Å². The van der Waals surface area contributed by atoms with Crippen molar-refractivity contribution >= 4 is 39.2 Å². The third-order valence-corrected chi connectivity index (χ3v) is 6.73. The first-order chi connectivity index (χ1) is 13.3. The Balaban J connectivity index is 2.18. The number of thioether (sulfide) groups is 1. The Labute approximate surface area is 171 Å². The number of aryl methyl sites for hydroxylation is 3. The molecule has 0 unspecified atom stereocenters. The van der Waals surface area contributed by atoms with Crippen molar-refractivity contribution in [3.63, 3.8) is 0 Å². The van der Waals surface area contributed by atoms with Crippen LogP contribution in [0.15, 0.2) is 28.2 Å². The van der Waals surface area contributed by atoms with Gasteiger partial charge in [0.05, 0.1) is 22.9 Å². The summed E-state index contributed by atoms with van der Waals surface area (Å²) < 4.78 is 1.60. The van der Waals surface area contributed by atoms with Crippen LogP contribution in [-0.2, 0) is 4.79 Å². The molecule has 0 saturated heterocycles. The highest BCUT2D eigenvalue weighted by molar-refractivity contribution is 7.99. The number of fused-ring (bicyclic) bond motifs is 1. The molecule has 28 heavy (non-hydrogen) atoms. The van der Waals surface area contributed by atoms with E-state index < -0.39 is 0 Å². The fourth-order valence-electron chi connectivity index (χ4n) is 2.88. The molecule has 144 valence electrons. The largest absolute Gasteiger partial charge is 0.342 e. The first kappa shape index (κ1) is 20.1.